The van der Waals surface area contributed by atoms with Crippen molar-refractivity contribution in [3.8, 4) is 0 Å². The SMILES string of the molecule is CCCC(C)(CO)CN1CCCN(C)CC1C. The number of rotatable bonds is 5. The Kier molecular flexibility index (Phi) is 5.90. The van der Waals surface area contributed by atoms with Crippen molar-refractivity contribution in [2.75, 3.05) is 39.8 Å². The first kappa shape index (κ1) is 14.9. The summed E-state index contributed by atoms with van der Waals surface area (Å²) >= 11 is 0. The van der Waals surface area contributed by atoms with E-state index in [1.54, 1.807) is 0 Å². The van der Waals surface area contributed by atoms with Gasteiger partial charge in [-0.25, -0.2) is 0 Å². The maximum atomic E-state index is 9.62. The normalized spacial score (nSPS) is 27.7. The molecular weight excluding hydrogens is 212 g/mol. The average Bonchev–Trinajstić information content (AvgIpc) is 2.41. The van der Waals surface area contributed by atoms with Crippen molar-refractivity contribution in [2.24, 2.45) is 5.41 Å². The van der Waals surface area contributed by atoms with E-state index >= 15 is 0 Å². The molecule has 1 N–H and O–H groups in total. The van der Waals surface area contributed by atoms with Gasteiger partial charge in [-0.2, -0.15) is 0 Å². The van der Waals surface area contributed by atoms with E-state index in [0.717, 1.165) is 25.9 Å². The largest absolute Gasteiger partial charge is 0.396 e. The number of likely N-dealkylation sites (N-methyl/N-ethyl adjacent to an activating group) is 1. The molecular formula is C14H30N2O. The van der Waals surface area contributed by atoms with Crippen molar-refractivity contribution in [1.82, 2.24) is 9.80 Å². The fourth-order valence-corrected chi connectivity index (χ4v) is 2.96. The third kappa shape index (κ3) is 4.57. The van der Waals surface area contributed by atoms with Crippen LogP contribution in [0.15, 0.2) is 0 Å². The van der Waals surface area contributed by atoms with Crippen LogP contribution in [0.5, 0.6) is 0 Å². The number of hydrogen-bond donors (Lipinski definition) is 1. The summed E-state index contributed by atoms with van der Waals surface area (Å²) in [5.74, 6) is 0. The number of hydrogen-bond acceptors (Lipinski definition) is 3. The molecule has 2 atom stereocenters. The highest BCUT2D eigenvalue weighted by Gasteiger charge is 2.29. The van der Waals surface area contributed by atoms with E-state index in [9.17, 15) is 5.11 Å². The van der Waals surface area contributed by atoms with Gasteiger partial charge in [0.1, 0.15) is 0 Å². The zero-order chi connectivity index (χ0) is 12.9. The van der Waals surface area contributed by atoms with Gasteiger partial charge in [-0.3, -0.25) is 4.90 Å². The summed E-state index contributed by atoms with van der Waals surface area (Å²) in [6.45, 7) is 11.6. The molecule has 17 heavy (non-hydrogen) atoms. The topological polar surface area (TPSA) is 26.7 Å². The van der Waals surface area contributed by atoms with Gasteiger partial charge in [0.25, 0.3) is 0 Å². The molecule has 1 fully saturated rings. The lowest BCUT2D eigenvalue weighted by Crippen LogP contribution is -2.45. The fourth-order valence-electron chi connectivity index (χ4n) is 2.96. The standard InChI is InChI=1S/C14H30N2O/c1-5-7-14(3,12-17)11-16-9-6-8-15(4)10-13(16)2/h13,17H,5-12H2,1-4H3. The predicted molar refractivity (Wildman–Crippen MR) is 73.2 cm³/mol. The molecule has 1 saturated heterocycles. The van der Waals surface area contributed by atoms with Crippen LogP contribution < -0.4 is 0 Å². The zero-order valence-corrected chi connectivity index (χ0v) is 12.1. The maximum Gasteiger partial charge on any atom is 0.0497 e. The first-order valence-corrected chi connectivity index (χ1v) is 7.04. The van der Waals surface area contributed by atoms with Crippen LogP contribution in [-0.2, 0) is 0 Å². The lowest BCUT2D eigenvalue weighted by molar-refractivity contribution is 0.0636. The second kappa shape index (κ2) is 6.72. The highest BCUT2D eigenvalue weighted by atomic mass is 16.3. The lowest BCUT2D eigenvalue weighted by Gasteiger charge is -2.37. The van der Waals surface area contributed by atoms with Crippen LogP contribution in [0.25, 0.3) is 0 Å². The number of nitrogens with zero attached hydrogens (tertiary/aromatic N) is 2. The average molecular weight is 242 g/mol. The fraction of sp³-hybridized carbons (Fsp3) is 1.00. The summed E-state index contributed by atoms with van der Waals surface area (Å²) in [5, 5.41) is 9.62. The lowest BCUT2D eigenvalue weighted by atomic mass is 9.85. The summed E-state index contributed by atoms with van der Waals surface area (Å²) < 4.78 is 0. The van der Waals surface area contributed by atoms with Gasteiger partial charge in [-0.15, -0.1) is 0 Å². The Bertz CT molecular complexity index is 222. The second-order valence-electron chi connectivity index (χ2n) is 6.15. The molecule has 3 heteroatoms. The monoisotopic (exact) mass is 242 g/mol. The Balaban J connectivity index is 2.58. The van der Waals surface area contributed by atoms with Gasteiger partial charge < -0.3 is 10.0 Å². The molecule has 1 aliphatic heterocycles. The molecule has 3 nitrogen and oxygen atoms in total. The summed E-state index contributed by atoms with van der Waals surface area (Å²) in [6.07, 6.45) is 3.51. The molecule has 1 heterocycles. The minimum Gasteiger partial charge on any atom is -0.396 e. The predicted octanol–water partition coefficient (Wildman–Crippen LogP) is 1.81. The van der Waals surface area contributed by atoms with E-state index in [-0.39, 0.29) is 5.41 Å². The highest BCUT2D eigenvalue weighted by molar-refractivity contribution is 4.83. The third-order valence-electron chi connectivity index (χ3n) is 4.00. The number of aliphatic hydroxyl groups excluding tert-OH is 1. The van der Waals surface area contributed by atoms with Crippen LogP contribution in [0.1, 0.15) is 40.0 Å². The molecule has 0 spiro atoms. The first-order valence-electron chi connectivity index (χ1n) is 7.04. The molecule has 0 radical (unpaired) electrons. The minimum atomic E-state index is 0.0753. The van der Waals surface area contributed by atoms with Gasteiger partial charge in [0.05, 0.1) is 0 Å². The minimum absolute atomic E-state index is 0.0753. The Morgan fingerprint density at radius 1 is 1.35 bits per heavy atom. The van der Waals surface area contributed by atoms with Gasteiger partial charge >= 0.3 is 0 Å². The van der Waals surface area contributed by atoms with Crippen molar-refractivity contribution in [2.45, 2.75) is 46.1 Å². The van der Waals surface area contributed by atoms with Crippen LogP contribution in [0.4, 0.5) is 0 Å². The maximum absolute atomic E-state index is 9.62. The van der Waals surface area contributed by atoms with E-state index in [0.29, 0.717) is 12.6 Å². The van der Waals surface area contributed by atoms with E-state index < -0.39 is 0 Å². The zero-order valence-electron chi connectivity index (χ0n) is 12.1. The Morgan fingerprint density at radius 3 is 2.65 bits per heavy atom. The van der Waals surface area contributed by atoms with E-state index in [1.165, 1.54) is 19.5 Å². The van der Waals surface area contributed by atoms with Crippen LogP contribution in [0.2, 0.25) is 0 Å². The molecule has 0 aromatic heterocycles. The summed E-state index contributed by atoms with van der Waals surface area (Å²) in [6, 6.07) is 0.602. The van der Waals surface area contributed by atoms with Crippen molar-refractivity contribution in [3.63, 3.8) is 0 Å². The summed E-state index contributed by atoms with van der Waals surface area (Å²) in [7, 11) is 2.21. The van der Waals surface area contributed by atoms with Gasteiger partial charge in [-0.1, -0.05) is 20.3 Å². The summed E-state index contributed by atoms with van der Waals surface area (Å²) in [5.41, 5.74) is 0.0753. The van der Waals surface area contributed by atoms with Crippen LogP contribution in [-0.4, -0.2) is 60.8 Å². The van der Waals surface area contributed by atoms with E-state index in [2.05, 4.69) is 37.6 Å². The molecule has 1 rings (SSSR count). The van der Waals surface area contributed by atoms with Crippen molar-refractivity contribution < 1.29 is 5.11 Å². The number of aliphatic hydroxyl groups is 1. The molecule has 0 aromatic rings. The molecule has 0 aromatic carbocycles. The quantitative estimate of drug-likeness (QED) is 0.796. The Morgan fingerprint density at radius 2 is 2.06 bits per heavy atom. The van der Waals surface area contributed by atoms with Gasteiger partial charge in [-0.05, 0) is 39.9 Å². The molecule has 0 amide bonds. The third-order valence-corrected chi connectivity index (χ3v) is 4.00. The second-order valence-corrected chi connectivity index (χ2v) is 6.15. The van der Waals surface area contributed by atoms with E-state index in [4.69, 9.17) is 0 Å². The first-order chi connectivity index (χ1) is 8.00. The van der Waals surface area contributed by atoms with Crippen molar-refractivity contribution in [3.05, 3.63) is 0 Å². The molecule has 0 bridgehead atoms. The van der Waals surface area contributed by atoms with Crippen molar-refractivity contribution >= 4 is 0 Å². The van der Waals surface area contributed by atoms with Crippen LogP contribution >= 0.6 is 0 Å². The highest BCUT2D eigenvalue weighted by Crippen LogP contribution is 2.25. The summed E-state index contributed by atoms with van der Waals surface area (Å²) in [4.78, 5) is 4.98. The van der Waals surface area contributed by atoms with E-state index in [1.807, 2.05) is 0 Å². The van der Waals surface area contributed by atoms with Crippen LogP contribution in [0, 0.1) is 5.41 Å². The Hall–Kier alpha value is -0.120. The van der Waals surface area contributed by atoms with Gasteiger partial charge in [0.15, 0.2) is 0 Å². The van der Waals surface area contributed by atoms with Crippen molar-refractivity contribution in [1.29, 1.82) is 0 Å². The molecule has 2 unspecified atom stereocenters. The van der Waals surface area contributed by atoms with Gasteiger partial charge in [0.2, 0.25) is 0 Å². The van der Waals surface area contributed by atoms with Crippen LogP contribution in [0.3, 0.4) is 0 Å². The molecule has 102 valence electrons. The van der Waals surface area contributed by atoms with Gasteiger partial charge in [0, 0.05) is 31.2 Å². The molecule has 0 aliphatic carbocycles. The molecule has 0 saturated carbocycles. The smallest absolute Gasteiger partial charge is 0.0497 e. The molecule has 1 aliphatic rings. The Labute approximate surface area is 107 Å².